The Balaban J connectivity index is 2.03. The van der Waals surface area contributed by atoms with Gasteiger partial charge in [0.2, 0.25) is 10.0 Å². The molecule has 0 bridgehead atoms. The molecule has 0 amide bonds. The van der Waals surface area contributed by atoms with E-state index < -0.39 is 15.6 Å². The molecule has 0 aliphatic carbocycles. The molecule has 7 nitrogen and oxygen atoms in total. The monoisotopic (exact) mass is 314 g/mol. The van der Waals surface area contributed by atoms with Crippen LogP contribution in [-0.4, -0.2) is 66.0 Å². The third kappa shape index (κ3) is 4.13. The van der Waals surface area contributed by atoms with Crippen molar-refractivity contribution in [2.24, 2.45) is 0 Å². The van der Waals surface area contributed by atoms with E-state index in [9.17, 15) is 13.5 Å². The van der Waals surface area contributed by atoms with Gasteiger partial charge in [0.15, 0.2) is 0 Å². The van der Waals surface area contributed by atoms with Crippen LogP contribution >= 0.6 is 0 Å². The first-order valence-corrected chi connectivity index (χ1v) is 8.29. The van der Waals surface area contributed by atoms with E-state index in [-0.39, 0.29) is 4.90 Å². The minimum Gasteiger partial charge on any atom is -0.389 e. The third-order valence-corrected chi connectivity index (χ3v) is 5.22. The summed E-state index contributed by atoms with van der Waals surface area (Å²) in [6.07, 6.45) is 1.29. The Morgan fingerprint density at radius 3 is 2.38 bits per heavy atom. The zero-order valence-electron chi connectivity index (χ0n) is 12.4. The van der Waals surface area contributed by atoms with Crippen LogP contribution in [0.1, 0.15) is 13.8 Å². The van der Waals surface area contributed by atoms with Gasteiger partial charge in [0.05, 0.1) is 5.60 Å². The lowest BCUT2D eigenvalue weighted by molar-refractivity contribution is 0.0263. The number of pyridine rings is 1. The number of anilines is 1. The van der Waals surface area contributed by atoms with Crippen LogP contribution in [0.3, 0.4) is 0 Å². The molecule has 1 aromatic heterocycles. The van der Waals surface area contributed by atoms with E-state index >= 15 is 0 Å². The van der Waals surface area contributed by atoms with Crippen molar-refractivity contribution in [1.29, 1.82) is 0 Å². The van der Waals surface area contributed by atoms with Crippen molar-refractivity contribution in [2.45, 2.75) is 24.3 Å². The zero-order chi connectivity index (χ0) is 15.7. The molecular weight excluding hydrogens is 292 g/mol. The number of aromatic nitrogens is 1. The summed E-state index contributed by atoms with van der Waals surface area (Å²) in [6, 6.07) is 2.96. The molecule has 0 aromatic carbocycles. The topological polar surface area (TPSA) is 99.8 Å². The van der Waals surface area contributed by atoms with Gasteiger partial charge in [-0.3, -0.25) is 4.90 Å². The first-order valence-electron chi connectivity index (χ1n) is 6.85. The van der Waals surface area contributed by atoms with Crippen molar-refractivity contribution < 1.29 is 13.5 Å². The summed E-state index contributed by atoms with van der Waals surface area (Å²) < 4.78 is 26.4. The predicted molar refractivity (Wildman–Crippen MR) is 80.1 cm³/mol. The molecule has 2 heterocycles. The second-order valence-electron chi connectivity index (χ2n) is 5.91. The van der Waals surface area contributed by atoms with Gasteiger partial charge in [-0.05, 0) is 26.0 Å². The Bertz CT molecular complexity index is 572. The van der Waals surface area contributed by atoms with Crippen LogP contribution in [0.25, 0.3) is 0 Å². The minimum absolute atomic E-state index is 0.160. The molecule has 0 saturated carbocycles. The van der Waals surface area contributed by atoms with Gasteiger partial charge in [-0.1, -0.05) is 0 Å². The molecule has 0 radical (unpaired) electrons. The molecule has 0 atom stereocenters. The van der Waals surface area contributed by atoms with Crippen molar-refractivity contribution in [3.63, 3.8) is 0 Å². The Hall–Kier alpha value is -1.22. The molecule has 0 unspecified atom stereocenters. The van der Waals surface area contributed by atoms with Gasteiger partial charge in [-0.25, -0.2) is 13.4 Å². The molecule has 1 aliphatic heterocycles. The van der Waals surface area contributed by atoms with Gasteiger partial charge in [0.25, 0.3) is 0 Å². The first-order chi connectivity index (χ1) is 9.68. The number of nitrogens with two attached hydrogens (primary N) is 1. The summed E-state index contributed by atoms with van der Waals surface area (Å²) >= 11 is 0. The van der Waals surface area contributed by atoms with Crippen molar-refractivity contribution in [1.82, 2.24) is 14.2 Å². The SMILES string of the molecule is CC(C)(O)CN1CCN(S(=O)(=O)c2ccc(N)nc2)CC1. The molecule has 3 N–H and O–H groups in total. The second-order valence-corrected chi connectivity index (χ2v) is 7.85. The van der Waals surface area contributed by atoms with Crippen LogP contribution in [0.2, 0.25) is 0 Å². The fraction of sp³-hybridized carbons (Fsp3) is 0.615. The molecule has 1 fully saturated rings. The number of piperazine rings is 1. The smallest absolute Gasteiger partial charge is 0.244 e. The number of nitrogens with zero attached hydrogens (tertiary/aromatic N) is 3. The van der Waals surface area contributed by atoms with Crippen molar-refractivity contribution in [3.05, 3.63) is 18.3 Å². The normalized spacial score (nSPS) is 18.8. The highest BCUT2D eigenvalue weighted by Gasteiger charge is 2.30. The standard InChI is InChI=1S/C13H22N4O3S/c1-13(2,18)10-16-5-7-17(8-6-16)21(19,20)11-3-4-12(14)15-9-11/h3-4,9,18H,5-8,10H2,1-2H3,(H2,14,15). The molecule has 1 aliphatic rings. The summed E-state index contributed by atoms with van der Waals surface area (Å²) in [5.41, 5.74) is 4.70. The number of rotatable bonds is 4. The Morgan fingerprint density at radius 2 is 1.90 bits per heavy atom. The Kier molecular flexibility index (Phi) is 4.52. The number of nitrogen functional groups attached to an aromatic ring is 1. The van der Waals surface area contributed by atoms with Crippen LogP contribution in [0, 0.1) is 0 Å². The average molecular weight is 314 g/mol. The first kappa shape index (κ1) is 16.2. The molecular formula is C13H22N4O3S. The molecule has 1 aromatic rings. The van der Waals surface area contributed by atoms with Crippen LogP contribution in [-0.2, 0) is 10.0 Å². The van der Waals surface area contributed by atoms with Crippen LogP contribution in [0.5, 0.6) is 0 Å². The summed E-state index contributed by atoms with van der Waals surface area (Å²) in [5, 5.41) is 9.81. The van der Waals surface area contributed by atoms with Crippen molar-refractivity contribution >= 4 is 15.8 Å². The van der Waals surface area contributed by atoms with Gasteiger partial charge in [0, 0.05) is 38.9 Å². The van der Waals surface area contributed by atoms with E-state index in [1.807, 2.05) is 0 Å². The summed E-state index contributed by atoms with van der Waals surface area (Å²) in [7, 11) is -3.52. The molecule has 0 spiro atoms. The second kappa shape index (κ2) is 5.88. The number of β-amino-alcohol motifs (C(OH)–C–C–N with tert-alkyl or cyclic N) is 1. The van der Waals surface area contributed by atoms with Crippen molar-refractivity contribution in [3.8, 4) is 0 Å². The average Bonchev–Trinajstić information content (AvgIpc) is 2.38. The van der Waals surface area contributed by atoms with Crippen LogP contribution in [0.15, 0.2) is 23.2 Å². The summed E-state index contributed by atoms with van der Waals surface area (Å²) in [6.45, 7) is 6.04. The van der Waals surface area contributed by atoms with E-state index in [1.54, 1.807) is 13.8 Å². The zero-order valence-corrected chi connectivity index (χ0v) is 13.2. The van der Waals surface area contributed by atoms with Gasteiger partial charge in [0.1, 0.15) is 10.7 Å². The maximum absolute atomic E-state index is 12.5. The summed E-state index contributed by atoms with van der Waals surface area (Å²) in [5.74, 6) is 0.295. The Morgan fingerprint density at radius 1 is 1.29 bits per heavy atom. The quantitative estimate of drug-likeness (QED) is 0.794. The predicted octanol–water partition coefficient (Wildman–Crippen LogP) is -0.259. The fourth-order valence-corrected chi connectivity index (χ4v) is 3.74. The highest BCUT2D eigenvalue weighted by Crippen LogP contribution is 2.18. The minimum atomic E-state index is -3.52. The van der Waals surface area contributed by atoms with E-state index in [1.165, 1.54) is 22.6 Å². The van der Waals surface area contributed by atoms with Gasteiger partial charge >= 0.3 is 0 Å². The van der Waals surface area contributed by atoms with E-state index in [0.717, 1.165) is 0 Å². The maximum atomic E-state index is 12.5. The third-order valence-electron chi connectivity index (χ3n) is 3.34. The van der Waals surface area contributed by atoms with Crippen molar-refractivity contribution in [2.75, 3.05) is 38.5 Å². The number of sulfonamides is 1. The van der Waals surface area contributed by atoms with E-state index in [4.69, 9.17) is 5.73 Å². The van der Waals surface area contributed by atoms with Crippen LogP contribution < -0.4 is 5.73 Å². The lowest BCUT2D eigenvalue weighted by Gasteiger charge is -2.36. The number of hydrogen-bond acceptors (Lipinski definition) is 6. The molecule has 118 valence electrons. The van der Waals surface area contributed by atoms with E-state index in [2.05, 4.69) is 9.88 Å². The highest BCUT2D eigenvalue weighted by atomic mass is 32.2. The van der Waals surface area contributed by atoms with Gasteiger partial charge < -0.3 is 10.8 Å². The van der Waals surface area contributed by atoms with Crippen LogP contribution in [0.4, 0.5) is 5.82 Å². The maximum Gasteiger partial charge on any atom is 0.244 e. The molecule has 8 heteroatoms. The molecule has 21 heavy (non-hydrogen) atoms. The van der Waals surface area contributed by atoms with E-state index in [0.29, 0.717) is 38.5 Å². The molecule has 1 saturated heterocycles. The van der Waals surface area contributed by atoms with Gasteiger partial charge in [-0.15, -0.1) is 0 Å². The number of aliphatic hydroxyl groups is 1. The largest absolute Gasteiger partial charge is 0.389 e. The summed E-state index contributed by atoms with van der Waals surface area (Å²) in [4.78, 5) is 6.05. The van der Waals surface area contributed by atoms with Gasteiger partial charge in [-0.2, -0.15) is 4.31 Å². The molecule has 2 rings (SSSR count). The Labute approximate surface area is 125 Å². The lowest BCUT2D eigenvalue weighted by atomic mass is 10.1. The lowest BCUT2D eigenvalue weighted by Crippen LogP contribution is -2.51. The highest BCUT2D eigenvalue weighted by molar-refractivity contribution is 7.89. The fourth-order valence-electron chi connectivity index (χ4n) is 2.37. The number of hydrogen-bond donors (Lipinski definition) is 2.